The van der Waals surface area contributed by atoms with Gasteiger partial charge < -0.3 is 10.6 Å². The largest absolute Gasteiger partial charge is 0.327 e. The van der Waals surface area contributed by atoms with E-state index >= 15 is 0 Å². The van der Waals surface area contributed by atoms with Crippen molar-refractivity contribution in [1.29, 1.82) is 0 Å². The molecule has 1 saturated carbocycles. The lowest BCUT2D eigenvalue weighted by Gasteiger charge is -2.29. The zero-order valence-corrected chi connectivity index (χ0v) is 12.9. The lowest BCUT2D eigenvalue weighted by atomic mass is 9.85. The molecule has 2 fully saturated rings. The highest BCUT2D eigenvalue weighted by Gasteiger charge is 2.40. The van der Waals surface area contributed by atoms with Gasteiger partial charge in [-0.1, -0.05) is 44.2 Å². The van der Waals surface area contributed by atoms with Crippen molar-refractivity contribution in [3.05, 3.63) is 35.9 Å². The van der Waals surface area contributed by atoms with Gasteiger partial charge in [0.25, 0.3) is 0 Å². The first kappa shape index (κ1) is 14.1. The molecule has 0 bridgehead atoms. The van der Waals surface area contributed by atoms with Crippen LogP contribution >= 0.6 is 0 Å². The first-order valence-electron chi connectivity index (χ1n) is 8.09. The highest BCUT2D eigenvalue weighted by atomic mass is 15.1. The van der Waals surface area contributed by atoms with Gasteiger partial charge in [-0.2, -0.15) is 0 Å². The molecule has 1 saturated heterocycles. The molecule has 3 rings (SSSR count). The molecular weight excluding hydrogens is 244 g/mol. The van der Waals surface area contributed by atoms with Gasteiger partial charge in [-0.25, -0.2) is 0 Å². The summed E-state index contributed by atoms with van der Waals surface area (Å²) in [6, 6.07) is 11.4. The van der Waals surface area contributed by atoms with Gasteiger partial charge in [0, 0.05) is 19.1 Å². The van der Waals surface area contributed by atoms with Crippen LogP contribution in [0.2, 0.25) is 0 Å². The van der Waals surface area contributed by atoms with E-state index in [4.69, 9.17) is 5.73 Å². The summed E-state index contributed by atoms with van der Waals surface area (Å²) in [4.78, 5) is 2.64. The summed E-state index contributed by atoms with van der Waals surface area (Å²) in [6.45, 7) is 8.31. The minimum absolute atomic E-state index is 0.337. The fourth-order valence-electron chi connectivity index (χ4n) is 4.07. The van der Waals surface area contributed by atoms with E-state index in [0.717, 1.165) is 5.92 Å². The van der Waals surface area contributed by atoms with E-state index in [-0.39, 0.29) is 0 Å². The third-order valence-electron chi connectivity index (χ3n) is 5.61. The van der Waals surface area contributed by atoms with Crippen molar-refractivity contribution in [2.24, 2.45) is 17.1 Å². The van der Waals surface area contributed by atoms with Gasteiger partial charge in [-0.3, -0.25) is 0 Å². The minimum Gasteiger partial charge on any atom is -0.327 e. The van der Waals surface area contributed by atoms with Crippen LogP contribution in [0.4, 0.5) is 0 Å². The van der Waals surface area contributed by atoms with E-state index < -0.39 is 0 Å². The normalized spacial score (nSPS) is 33.6. The third kappa shape index (κ3) is 2.77. The van der Waals surface area contributed by atoms with Gasteiger partial charge in [-0.05, 0) is 48.6 Å². The second-order valence-corrected chi connectivity index (χ2v) is 7.47. The molecule has 3 unspecified atom stereocenters. The smallest absolute Gasteiger partial charge is 0.0131 e. The van der Waals surface area contributed by atoms with Crippen molar-refractivity contribution in [3.63, 3.8) is 0 Å². The molecule has 0 amide bonds. The van der Waals surface area contributed by atoms with Crippen LogP contribution in [0.25, 0.3) is 0 Å². The maximum absolute atomic E-state index is 6.45. The van der Waals surface area contributed by atoms with Crippen molar-refractivity contribution >= 4 is 0 Å². The van der Waals surface area contributed by atoms with Gasteiger partial charge in [-0.15, -0.1) is 0 Å². The van der Waals surface area contributed by atoms with Gasteiger partial charge in [0.1, 0.15) is 0 Å². The van der Waals surface area contributed by atoms with Gasteiger partial charge in [0.15, 0.2) is 0 Å². The van der Waals surface area contributed by atoms with Crippen LogP contribution < -0.4 is 5.73 Å². The number of hydrogen-bond donors (Lipinski definition) is 1. The Morgan fingerprint density at radius 2 is 1.95 bits per heavy atom. The van der Waals surface area contributed by atoms with Crippen molar-refractivity contribution in [1.82, 2.24) is 4.90 Å². The predicted molar refractivity (Wildman–Crippen MR) is 84.7 cm³/mol. The molecule has 2 nitrogen and oxygen atoms in total. The quantitative estimate of drug-likeness (QED) is 0.915. The molecule has 2 N–H and O–H groups in total. The van der Waals surface area contributed by atoms with E-state index in [2.05, 4.69) is 49.1 Å². The van der Waals surface area contributed by atoms with E-state index in [1.54, 1.807) is 0 Å². The average Bonchev–Trinajstić information content (AvgIpc) is 3.01. The second-order valence-electron chi connectivity index (χ2n) is 7.47. The van der Waals surface area contributed by atoms with Crippen molar-refractivity contribution in [2.75, 3.05) is 19.6 Å². The maximum Gasteiger partial charge on any atom is 0.0131 e. The number of rotatable bonds is 3. The van der Waals surface area contributed by atoms with Crippen LogP contribution in [-0.4, -0.2) is 30.6 Å². The highest BCUT2D eigenvalue weighted by Crippen LogP contribution is 2.41. The minimum atomic E-state index is 0.337. The molecule has 0 aromatic heterocycles. The summed E-state index contributed by atoms with van der Waals surface area (Å²) < 4.78 is 0. The molecule has 1 aliphatic carbocycles. The molecule has 2 heteroatoms. The monoisotopic (exact) mass is 272 g/mol. The molecule has 1 heterocycles. The Morgan fingerprint density at radius 3 is 2.60 bits per heavy atom. The van der Waals surface area contributed by atoms with Gasteiger partial charge in [0.2, 0.25) is 0 Å². The molecule has 20 heavy (non-hydrogen) atoms. The molecule has 0 spiro atoms. The number of likely N-dealkylation sites (tertiary alicyclic amines) is 1. The first-order valence-corrected chi connectivity index (χ1v) is 8.09. The highest BCUT2D eigenvalue weighted by molar-refractivity contribution is 5.21. The Balaban J connectivity index is 1.56. The average molecular weight is 272 g/mol. The lowest BCUT2D eigenvalue weighted by Crippen LogP contribution is -2.41. The third-order valence-corrected chi connectivity index (χ3v) is 5.61. The summed E-state index contributed by atoms with van der Waals surface area (Å²) in [6.07, 6.45) is 3.89. The fraction of sp³-hybridized carbons (Fsp3) is 0.667. The van der Waals surface area contributed by atoms with Crippen molar-refractivity contribution in [2.45, 2.75) is 45.1 Å². The van der Waals surface area contributed by atoms with Crippen LogP contribution in [0.3, 0.4) is 0 Å². The van der Waals surface area contributed by atoms with Crippen LogP contribution in [0.5, 0.6) is 0 Å². The second kappa shape index (κ2) is 5.50. The standard InChI is InChI=1S/C18H28N2/c1-18(2)10-8-16(17(18)19)13-20-11-9-15(12-20)14-6-4-3-5-7-14/h3-7,15-17H,8-13,19H2,1-2H3. The zero-order valence-electron chi connectivity index (χ0n) is 12.9. The van der Waals surface area contributed by atoms with E-state index in [0.29, 0.717) is 17.4 Å². The number of nitrogens with zero attached hydrogens (tertiary/aromatic N) is 1. The van der Waals surface area contributed by atoms with E-state index in [1.165, 1.54) is 44.5 Å². The Labute approximate surface area is 123 Å². The summed E-state index contributed by atoms with van der Waals surface area (Å²) in [5, 5.41) is 0. The Morgan fingerprint density at radius 1 is 1.20 bits per heavy atom. The van der Waals surface area contributed by atoms with Crippen LogP contribution in [0.15, 0.2) is 30.3 Å². The van der Waals surface area contributed by atoms with Crippen molar-refractivity contribution < 1.29 is 0 Å². The molecule has 3 atom stereocenters. The van der Waals surface area contributed by atoms with Crippen molar-refractivity contribution in [3.8, 4) is 0 Å². The van der Waals surface area contributed by atoms with Crippen LogP contribution in [-0.2, 0) is 0 Å². The number of hydrogen-bond acceptors (Lipinski definition) is 2. The SMILES string of the molecule is CC1(C)CCC(CN2CCC(c3ccccc3)C2)C1N. The maximum atomic E-state index is 6.45. The topological polar surface area (TPSA) is 29.3 Å². The summed E-state index contributed by atoms with van der Waals surface area (Å²) >= 11 is 0. The van der Waals surface area contributed by atoms with E-state index in [1.807, 2.05) is 0 Å². The van der Waals surface area contributed by atoms with Crippen LogP contribution in [0, 0.1) is 11.3 Å². The predicted octanol–water partition coefficient (Wildman–Crippen LogP) is 3.24. The Bertz CT molecular complexity index is 440. The summed E-state index contributed by atoms with van der Waals surface area (Å²) in [5.41, 5.74) is 8.30. The molecule has 1 aromatic carbocycles. The molecule has 1 aliphatic heterocycles. The molecule has 0 radical (unpaired) electrons. The number of benzene rings is 1. The molecule has 110 valence electrons. The fourth-order valence-corrected chi connectivity index (χ4v) is 4.07. The zero-order chi connectivity index (χ0) is 14.2. The molecular formula is C18H28N2. The number of nitrogens with two attached hydrogens (primary N) is 1. The summed E-state index contributed by atoms with van der Waals surface area (Å²) in [5.74, 6) is 1.42. The summed E-state index contributed by atoms with van der Waals surface area (Å²) in [7, 11) is 0. The van der Waals surface area contributed by atoms with E-state index in [9.17, 15) is 0 Å². The first-order chi connectivity index (χ1) is 9.56. The molecule has 2 aliphatic rings. The molecule has 1 aromatic rings. The van der Waals surface area contributed by atoms with Crippen LogP contribution in [0.1, 0.15) is 44.6 Å². The lowest BCUT2D eigenvalue weighted by molar-refractivity contribution is 0.233. The Hall–Kier alpha value is -0.860. The van der Waals surface area contributed by atoms with Gasteiger partial charge in [0.05, 0.1) is 0 Å². The van der Waals surface area contributed by atoms with Gasteiger partial charge >= 0.3 is 0 Å². The Kier molecular flexibility index (Phi) is 3.87.